The molecule has 1 unspecified atom stereocenters. The molecule has 0 aliphatic carbocycles. The first-order valence-corrected chi connectivity index (χ1v) is 11.2. The van der Waals surface area contributed by atoms with Crippen molar-refractivity contribution in [3.63, 3.8) is 0 Å². The number of amides is 1. The van der Waals surface area contributed by atoms with Gasteiger partial charge in [-0.15, -0.1) is 5.10 Å². The lowest BCUT2D eigenvalue weighted by Gasteiger charge is -2.35. The highest BCUT2D eigenvalue weighted by Gasteiger charge is 2.27. The second-order valence-corrected chi connectivity index (χ2v) is 8.94. The summed E-state index contributed by atoms with van der Waals surface area (Å²) in [6, 6.07) is 9.78. The van der Waals surface area contributed by atoms with E-state index in [1.165, 1.54) is 11.8 Å². The van der Waals surface area contributed by atoms with E-state index in [0.29, 0.717) is 42.3 Å². The van der Waals surface area contributed by atoms with Gasteiger partial charge in [0.05, 0.1) is 12.7 Å². The predicted molar refractivity (Wildman–Crippen MR) is 117 cm³/mol. The highest BCUT2D eigenvalue weighted by molar-refractivity contribution is 7.98. The Morgan fingerprint density at radius 3 is 2.87 bits per heavy atom. The number of hydrogen-bond donors (Lipinski definition) is 0. The first-order chi connectivity index (χ1) is 14.4. The van der Waals surface area contributed by atoms with E-state index in [1.807, 2.05) is 49.1 Å². The predicted octanol–water partition coefficient (Wildman–Crippen LogP) is 3.53. The summed E-state index contributed by atoms with van der Waals surface area (Å²) < 4.78 is 7.57. The third-order valence-electron chi connectivity index (χ3n) is 5.33. The van der Waals surface area contributed by atoms with Gasteiger partial charge in [-0.2, -0.15) is 4.98 Å². The molecule has 1 amide bonds. The normalized spacial score (nSPS) is 17.1. The molecule has 1 aliphatic heterocycles. The first-order valence-electron chi connectivity index (χ1n) is 10.2. The Labute approximate surface area is 180 Å². The summed E-state index contributed by atoms with van der Waals surface area (Å²) in [5, 5.41) is 5.21. The van der Waals surface area contributed by atoms with Crippen molar-refractivity contribution in [2.75, 3.05) is 19.7 Å². The highest BCUT2D eigenvalue weighted by atomic mass is 32.2. The maximum atomic E-state index is 13.2. The number of nitrogens with zero attached hydrogens (tertiary/aromatic N) is 5. The van der Waals surface area contributed by atoms with E-state index in [9.17, 15) is 4.79 Å². The van der Waals surface area contributed by atoms with Gasteiger partial charge in [-0.25, -0.2) is 9.50 Å². The van der Waals surface area contributed by atoms with Crippen LogP contribution >= 0.6 is 11.8 Å². The van der Waals surface area contributed by atoms with Gasteiger partial charge < -0.3 is 9.64 Å². The van der Waals surface area contributed by atoms with Gasteiger partial charge in [0.2, 0.25) is 5.16 Å². The lowest BCUT2D eigenvalue weighted by atomic mass is 10.0. The number of ether oxygens (including phenoxy) is 1. The number of morpholine rings is 1. The van der Waals surface area contributed by atoms with Crippen LogP contribution in [0, 0.1) is 19.8 Å². The Morgan fingerprint density at radius 2 is 2.07 bits per heavy atom. The summed E-state index contributed by atoms with van der Waals surface area (Å²) in [5.41, 5.74) is 3.65. The van der Waals surface area contributed by atoms with E-state index in [4.69, 9.17) is 4.74 Å². The number of aromatic nitrogens is 4. The monoisotopic (exact) mass is 425 g/mol. The van der Waals surface area contributed by atoms with Crippen LogP contribution in [0.15, 0.2) is 35.5 Å². The molecule has 158 valence electrons. The second kappa shape index (κ2) is 8.73. The van der Waals surface area contributed by atoms with Crippen molar-refractivity contribution in [3.05, 3.63) is 52.8 Å². The lowest BCUT2D eigenvalue weighted by Crippen LogP contribution is -2.47. The van der Waals surface area contributed by atoms with Gasteiger partial charge >= 0.3 is 0 Å². The van der Waals surface area contributed by atoms with Crippen molar-refractivity contribution in [1.29, 1.82) is 0 Å². The van der Waals surface area contributed by atoms with E-state index in [0.717, 1.165) is 22.5 Å². The van der Waals surface area contributed by atoms with E-state index >= 15 is 0 Å². The molecule has 1 aliphatic rings. The number of benzene rings is 1. The minimum Gasteiger partial charge on any atom is -0.374 e. The van der Waals surface area contributed by atoms with Crippen LogP contribution in [-0.2, 0) is 10.5 Å². The van der Waals surface area contributed by atoms with Crippen LogP contribution in [-0.4, -0.2) is 56.2 Å². The molecule has 3 heterocycles. The number of fused-ring (bicyclic) bond motifs is 1. The summed E-state index contributed by atoms with van der Waals surface area (Å²) in [6.07, 6.45) is 0.0885. The van der Waals surface area contributed by atoms with Crippen molar-refractivity contribution < 1.29 is 9.53 Å². The molecule has 2 aromatic heterocycles. The SMILES string of the molecule is Cc1cc(C)n2nc(SCc3ccccc3C(=O)N3CCOC(C(C)C)C3)nc2n1. The number of carbonyl (C=O) groups is 1. The molecule has 0 spiro atoms. The van der Waals surface area contributed by atoms with Gasteiger partial charge in [-0.05, 0) is 37.5 Å². The average Bonchev–Trinajstić information content (AvgIpc) is 3.15. The van der Waals surface area contributed by atoms with Gasteiger partial charge in [-0.1, -0.05) is 43.8 Å². The molecule has 1 fully saturated rings. The molecule has 0 bridgehead atoms. The summed E-state index contributed by atoms with van der Waals surface area (Å²) in [7, 11) is 0. The zero-order valence-corrected chi connectivity index (χ0v) is 18.6. The maximum Gasteiger partial charge on any atom is 0.254 e. The molecule has 7 nitrogen and oxygen atoms in total. The van der Waals surface area contributed by atoms with Gasteiger partial charge in [0, 0.05) is 35.8 Å². The molecule has 0 radical (unpaired) electrons. The fraction of sp³-hybridized carbons (Fsp3) is 0.455. The molecule has 8 heteroatoms. The maximum absolute atomic E-state index is 13.2. The molecular formula is C22H27N5O2S. The highest BCUT2D eigenvalue weighted by Crippen LogP contribution is 2.24. The van der Waals surface area contributed by atoms with Crippen LogP contribution in [0.5, 0.6) is 0 Å². The zero-order valence-electron chi connectivity index (χ0n) is 17.8. The van der Waals surface area contributed by atoms with Crippen LogP contribution in [0.25, 0.3) is 5.78 Å². The molecule has 3 aromatic rings. The van der Waals surface area contributed by atoms with Crippen LogP contribution in [0.2, 0.25) is 0 Å². The van der Waals surface area contributed by atoms with Gasteiger partial charge in [0.25, 0.3) is 11.7 Å². The second-order valence-electron chi connectivity index (χ2n) is 8.00. The van der Waals surface area contributed by atoms with Crippen molar-refractivity contribution in [2.45, 2.75) is 44.7 Å². The molecule has 1 atom stereocenters. The minimum atomic E-state index is 0.0660. The quantitative estimate of drug-likeness (QED) is 0.583. The fourth-order valence-electron chi connectivity index (χ4n) is 3.64. The minimum absolute atomic E-state index is 0.0660. The summed E-state index contributed by atoms with van der Waals surface area (Å²) in [6.45, 7) is 10.0. The number of hydrogen-bond acceptors (Lipinski definition) is 6. The van der Waals surface area contributed by atoms with Crippen molar-refractivity contribution in [1.82, 2.24) is 24.5 Å². The van der Waals surface area contributed by atoms with Crippen molar-refractivity contribution in [3.8, 4) is 0 Å². The average molecular weight is 426 g/mol. The van der Waals surface area contributed by atoms with Crippen LogP contribution in [0.4, 0.5) is 0 Å². The molecule has 0 N–H and O–H groups in total. The van der Waals surface area contributed by atoms with Crippen molar-refractivity contribution in [2.24, 2.45) is 5.92 Å². The van der Waals surface area contributed by atoms with Gasteiger partial charge in [0.15, 0.2) is 0 Å². The number of aryl methyl sites for hydroxylation is 2. The smallest absolute Gasteiger partial charge is 0.254 e. The van der Waals surface area contributed by atoms with Crippen LogP contribution in [0.1, 0.15) is 41.2 Å². The Bertz CT molecular complexity index is 1060. The van der Waals surface area contributed by atoms with E-state index < -0.39 is 0 Å². The van der Waals surface area contributed by atoms with E-state index in [2.05, 4.69) is 28.9 Å². The topological polar surface area (TPSA) is 72.6 Å². The summed E-state index contributed by atoms with van der Waals surface area (Å²) >= 11 is 1.52. The van der Waals surface area contributed by atoms with Gasteiger partial charge in [0.1, 0.15) is 0 Å². The van der Waals surface area contributed by atoms with Crippen LogP contribution < -0.4 is 0 Å². The van der Waals surface area contributed by atoms with Gasteiger partial charge in [-0.3, -0.25) is 4.79 Å². The van der Waals surface area contributed by atoms with E-state index in [1.54, 1.807) is 4.52 Å². The molecular weight excluding hydrogens is 398 g/mol. The molecule has 0 saturated carbocycles. The number of rotatable bonds is 5. The first kappa shape index (κ1) is 20.8. The molecule has 4 rings (SSSR count). The molecule has 1 saturated heterocycles. The number of thioether (sulfide) groups is 1. The summed E-state index contributed by atoms with van der Waals surface area (Å²) in [4.78, 5) is 24.1. The largest absolute Gasteiger partial charge is 0.374 e. The number of carbonyl (C=O) groups excluding carboxylic acids is 1. The summed E-state index contributed by atoms with van der Waals surface area (Å²) in [5.74, 6) is 1.67. The molecule has 1 aromatic carbocycles. The molecule has 30 heavy (non-hydrogen) atoms. The third kappa shape index (κ3) is 4.34. The lowest BCUT2D eigenvalue weighted by molar-refractivity contribution is -0.0421. The third-order valence-corrected chi connectivity index (χ3v) is 6.21. The van der Waals surface area contributed by atoms with Crippen LogP contribution in [0.3, 0.4) is 0 Å². The zero-order chi connectivity index (χ0) is 21.3. The van der Waals surface area contributed by atoms with Crippen molar-refractivity contribution >= 4 is 23.4 Å². The van der Waals surface area contributed by atoms with E-state index in [-0.39, 0.29) is 12.0 Å². The Balaban J connectivity index is 1.51. The Hall–Kier alpha value is -2.45. The Morgan fingerprint density at radius 1 is 1.27 bits per heavy atom. The Kier molecular flexibility index (Phi) is 6.06. The fourth-order valence-corrected chi connectivity index (χ4v) is 4.46. The standard InChI is InChI=1S/C22H27N5O2S/c1-14(2)19-12-26(9-10-29-19)20(28)18-8-6-5-7-17(18)13-30-22-24-21-23-15(3)11-16(4)27(21)25-22/h5-8,11,14,19H,9-10,12-13H2,1-4H3.